The normalized spacial score (nSPS) is 15.9. The van der Waals surface area contributed by atoms with E-state index in [-0.39, 0.29) is 12.5 Å². The van der Waals surface area contributed by atoms with Crippen LogP contribution in [0, 0.1) is 0 Å². The Balaban J connectivity index is 1.81. The summed E-state index contributed by atoms with van der Waals surface area (Å²) in [5, 5.41) is 14.8. The summed E-state index contributed by atoms with van der Waals surface area (Å²) in [6, 6.07) is 7.43. The van der Waals surface area contributed by atoms with Gasteiger partial charge in [-0.1, -0.05) is 18.2 Å². The van der Waals surface area contributed by atoms with E-state index < -0.39 is 11.5 Å². The minimum atomic E-state index is -0.915. The molecule has 0 aromatic heterocycles. The van der Waals surface area contributed by atoms with Crippen molar-refractivity contribution in [3.63, 3.8) is 0 Å². The first-order valence-corrected chi connectivity index (χ1v) is 6.94. The maximum Gasteiger partial charge on any atom is 0.323 e. The van der Waals surface area contributed by atoms with Crippen LogP contribution in [0.1, 0.15) is 24.8 Å². The molecule has 0 bridgehead atoms. The van der Waals surface area contributed by atoms with Crippen molar-refractivity contribution in [3.05, 3.63) is 29.8 Å². The van der Waals surface area contributed by atoms with Crippen molar-refractivity contribution in [1.29, 1.82) is 0 Å². The molecule has 1 aliphatic carbocycles. The van der Waals surface area contributed by atoms with E-state index in [1.807, 2.05) is 24.3 Å². The molecule has 1 aliphatic rings. The standard InChI is InChI=1S/C15H20N2O4/c1-21-12-6-3-2-5-11(12)9-16-13(18)10-17-15(14(19)20)7-4-8-15/h2-3,5-6,17H,4,7-10H2,1H3,(H,16,18)(H,19,20). The number of benzene rings is 1. The van der Waals surface area contributed by atoms with E-state index in [1.165, 1.54) is 0 Å². The molecule has 114 valence electrons. The molecule has 6 nitrogen and oxygen atoms in total. The lowest BCUT2D eigenvalue weighted by Gasteiger charge is -2.38. The highest BCUT2D eigenvalue weighted by molar-refractivity contribution is 5.83. The second-order valence-corrected chi connectivity index (χ2v) is 5.18. The van der Waals surface area contributed by atoms with E-state index in [2.05, 4.69) is 10.6 Å². The molecule has 0 radical (unpaired) electrons. The summed E-state index contributed by atoms with van der Waals surface area (Å²) < 4.78 is 5.21. The highest BCUT2D eigenvalue weighted by atomic mass is 16.5. The largest absolute Gasteiger partial charge is 0.496 e. The molecule has 0 saturated heterocycles. The summed E-state index contributed by atoms with van der Waals surface area (Å²) in [6.45, 7) is 0.353. The summed E-state index contributed by atoms with van der Waals surface area (Å²) in [6.07, 6.45) is 2.02. The van der Waals surface area contributed by atoms with Gasteiger partial charge in [-0.05, 0) is 25.3 Å². The number of carboxylic acid groups (broad SMARTS) is 1. The lowest BCUT2D eigenvalue weighted by molar-refractivity contribution is -0.149. The molecule has 2 rings (SSSR count). The van der Waals surface area contributed by atoms with Gasteiger partial charge in [-0.15, -0.1) is 0 Å². The maximum absolute atomic E-state index is 11.8. The van der Waals surface area contributed by atoms with Crippen molar-refractivity contribution < 1.29 is 19.4 Å². The minimum Gasteiger partial charge on any atom is -0.496 e. The number of carbonyl (C=O) groups excluding carboxylic acids is 1. The van der Waals surface area contributed by atoms with Crippen molar-refractivity contribution >= 4 is 11.9 Å². The third-order valence-electron chi connectivity index (χ3n) is 3.87. The lowest BCUT2D eigenvalue weighted by Crippen LogP contribution is -2.59. The van der Waals surface area contributed by atoms with E-state index in [4.69, 9.17) is 9.84 Å². The second kappa shape index (κ2) is 6.58. The molecule has 1 amide bonds. The molecule has 0 unspecified atom stereocenters. The summed E-state index contributed by atoms with van der Waals surface area (Å²) in [4.78, 5) is 23.0. The third kappa shape index (κ3) is 3.52. The number of hydrogen-bond donors (Lipinski definition) is 3. The van der Waals surface area contributed by atoms with Crippen molar-refractivity contribution in [3.8, 4) is 5.75 Å². The maximum atomic E-state index is 11.8. The molecule has 6 heteroatoms. The van der Waals surface area contributed by atoms with E-state index >= 15 is 0 Å². The number of carboxylic acids is 1. The topological polar surface area (TPSA) is 87.7 Å². The molecule has 3 N–H and O–H groups in total. The second-order valence-electron chi connectivity index (χ2n) is 5.18. The van der Waals surface area contributed by atoms with Gasteiger partial charge in [-0.3, -0.25) is 14.9 Å². The Morgan fingerprint density at radius 1 is 1.33 bits per heavy atom. The van der Waals surface area contributed by atoms with Crippen LogP contribution in [0.3, 0.4) is 0 Å². The van der Waals surface area contributed by atoms with Gasteiger partial charge in [-0.2, -0.15) is 0 Å². The molecule has 0 atom stereocenters. The quantitative estimate of drug-likeness (QED) is 0.695. The first-order chi connectivity index (χ1) is 10.1. The van der Waals surface area contributed by atoms with Crippen LogP contribution >= 0.6 is 0 Å². The van der Waals surface area contributed by atoms with Crippen LogP contribution in [0.5, 0.6) is 5.75 Å². The van der Waals surface area contributed by atoms with Crippen LogP contribution in [0.2, 0.25) is 0 Å². The van der Waals surface area contributed by atoms with Gasteiger partial charge in [0.2, 0.25) is 5.91 Å². The molecule has 21 heavy (non-hydrogen) atoms. The van der Waals surface area contributed by atoms with Crippen LogP contribution in [0.25, 0.3) is 0 Å². The fourth-order valence-corrected chi connectivity index (χ4v) is 2.35. The summed E-state index contributed by atoms with van der Waals surface area (Å²) in [7, 11) is 1.58. The van der Waals surface area contributed by atoms with Crippen LogP contribution in [0.4, 0.5) is 0 Å². The van der Waals surface area contributed by atoms with E-state index in [0.29, 0.717) is 25.1 Å². The van der Waals surface area contributed by atoms with Crippen molar-refractivity contribution in [1.82, 2.24) is 10.6 Å². The molecule has 1 aromatic carbocycles. The monoisotopic (exact) mass is 292 g/mol. The molecule has 0 aliphatic heterocycles. The fraction of sp³-hybridized carbons (Fsp3) is 0.467. The molecular weight excluding hydrogens is 272 g/mol. The van der Waals surface area contributed by atoms with Crippen LogP contribution in [-0.4, -0.2) is 36.2 Å². The summed E-state index contributed by atoms with van der Waals surface area (Å²) >= 11 is 0. The number of amides is 1. The number of para-hydroxylation sites is 1. The Labute approximate surface area is 123 Å². The van der Waals surface area contributed by atoms with Gasteiger partial charge in [0.25, 0.3) is 0 Å². The number of ether oxygens (including phenoxy) is 1. The molecule has 0 heterocycles. The zero-order valence-corrected chi connectivity index (χ0v) is 12.0. The summed E-state index contributed by atoms with van der Waals surface area (Å²) in [5.41, 5.74) is -0.0353. The number of nitrogens with one attached hydrogen (secondary N) is 2. The number of carbonyl (C=O) groups is 2. The Bertz CT molecular complexity index is 526. The molecule has 1 aromatic rings. The summed E-state index contributed by atoms with van der Waals surface area (Å²) in [5.74, 6) is -0.397. The molecule has 0 spiro atoms. The van der Waals surface area contributed by atoms with Crippen molar-refractivity contribution in [2.75, 3.05) is 13.7 Å². The number of aliphatic carboxylic acids is 1. The van der Waals surface area contributed by atoms with Crippen LogP contribution < -0.4 is 15.4 Å². The van der Waals surface area contributed by atoms with Crippen LogP contribution in [0.15, 0.2) is 24.3 Å². The average molecular weight is 292 g/mol. The molecular formula is C15H20N2O4. The third-order valence-corrected chi connectivity index (χ3v) is 3.87. The number of methoxy groups -OCH3 is 1. The van der Waals surface area contributed by atoms with Gasteiger partial charge < -0.3 is 15.2 Å². The Hall–Kier alpha value is -2.08. The predicted octanol–water partition coefficient (Wildman–Crippen LogP) is 0.908. The zero-order chi connectivity index (χ0) is 15.3. The minimum absolute atomic E-state index is 0.00144. The fourth-order valence-electron chi connectivity index (χ4n) is 2.35. The van der Waals surface area contributed by atoms with E-state index in [1.54, 1.807) is 7.11 Å². The SMILES string of the molecule is COc1ccccc1CNC(=O)CNC1(C(=O)O)CCC1. The number of hydrogen-bond acceptors (Lipinski definition) is 4. The Morgan fingerprint density at radius 3 is 2.62 bits per heavy atom. The van der Waals surface area contributed by atoms with E-state index in [9.17, 15) is 9.59 Å². The van der Waals surface area contributed by atoms with Gasteiger partial charge in [0.1, 0.15) is 11.3 Å². The highest BCUT2D eigenvalue weighted by Crippen LogP contribution is 2.31. The first-order valence-electron chi connectivity index (χ1n) is 6.94. The highest BCUT2D eigenvalue weighted by Gasteiger charge is 2.44. The molecule has 1 fully saturated rings. The van der Waals surface area contributed by atoms with Gasteiger partial charge in [0.05, 0.1) is 13.7 Å². The van der Waals surface area contributed by atoms with Crippen molar-refractivity contribution in [2.45, 2.75) is 31.3 Å². The predicted molar refractivity (Wildman–Crippen MR) is 77.1 cm³/mol. The average Bonchev–Trinajstić information content (AvgIpc) is 2.43. The van der Waals surface area contributed by atoms with E-state index in [0.717, 1.165) is 12.0 Å². The number of rotatable bonds is 7. The van der Waals surface area contributed by atoms with Gasteiger partial charge in [-0.25, -0.2) is 0 Å². The van der Waals surface area contributed by atoms with Gasteiger partial charge in [0.15, 0.2) is 0 Å². The zero-order valence-electron chi connectivity index (χ0n) is 12.0. The smallest absolute Gasteiger partial charge is 0.323 e. The Kier molecular flexibility index (Phi) is 4.80. The first kappa shape index (κ1) is 15.3. The van der Waals surface area contributed by atoms with Gasteiger partial charge >= 0.3 is 5.97 Å². The Morgan fingerprint density at radius 2 is 2.05 bits per heavy atom. The molecule has 1 saturated carbocycles. The lowest BCUT2D eigenvalue weighted by atomic mass is 9.77. The van der Waals surface area contributed by atoms with Crippen LogP contribution in [-0.2, 0) is 16.1 Å². The van der Waals surface area contributed by atoms with Crippen molar-refractivity contribution in [2.24, 2.45) is 0 Å². The van der Waals surface area contributed by atoms with Gasteiger partial charge in [0, 0.05) is 12.1 Å².